The van der Waals surface area contributed by atoms with Gasteiger partial charge in [0, 0.05) is 16.8 Å². The number of benzene rings is 1. The van der Waals surface area contributed by atoms with Gasteiger partial charge in [0.2, 0.25) is 0 Å². The lowest BCUT2D eigenvalue weighted by Gasteiger charge is -2.13. The lowest BCUT2D eigenvalue weighted by atomic mass is 10.1. The number of hydrogen-bond acceptors (Lipinski definition) is 4. The molecule has 0 spiro atoms. The highest BCUT2D eigenvalue weighted by Crippen LogP contribution is 2.24. The van der Waals surface area contributed by atoms with Gasteiger partial charge in [-0.2, -0.15) is 0 Å². The molecule has 1 atom stereocenters. The van der Waals surface area contributed by atoms with Crippen molar-refractivity contribution in [1.82, 2.24) is 0 Å². The molecule has 0 heterocycles. The van der Waals surface area contributed by atoms with Crippen LogP contribution in [-0.2, 0) is 16.3 Å². The van der Waals surface area contributed by atoms with Crippen molar-refractivity contribution < 1.29 is 13.2 Å². The summed E-state index contributed by atoms with van der Waals surface area (Å²) in [6.45, 7) is 3.66. The lowest BCUT2D eigenvalue weighted by molar-refractivity contribution is 0.336. The molecule has 2 N–H and O–H groups in total. The van der Waals surface area contributed by atoms with E-state index >= 15 is 0 Å². The van der Waals surface area contributed by atoms with E-state index in [0.29, 0.717) is 17.2 Å². The van der Waals surface area contributed by atoms with Crippen LogP contribution in [0.2, 0.25) is 5.02 Å². The fraction of sp³-hybridized carbons (Fsp3) is 0.538. The lowest BCUT2D eigenvalue weighted by Crippen LogP contribution is -2.19. The van der Waals surface area contributed by atoms with E-state index in [4.69, 9.17) is 22.1 Å². The first kappa shape index (κ1) is 16.3. The molecule has 1 rings (SSSR count). The van der Waals surface area contributed by atoms with Crippen molar-refractivity contribution in [3.63, 3.8) is 0 Å². The molecule has 0 saturated carbocycles. The van der Waals surface area contributed by atoms with E-state index in [1.54, 1.807) is 25.1 Å². The SMILES string of the molecule is CCS(=O)(=O)CCOc1ccc(Cl)cc1CC(C)N. The van der Waals surface area contributed by atoms with Crippen molar-refractivity contribution in [2.24, 2.45) is 5.73 Å². The monoisotopic (exact) mass is 305 g/mol. The van der Waals surface area contributed by atoms with Crippen LogP contribution >= 0.6 is 11.6 Å². The van der Waals surface area contributed by atoms with Crippen molar-refractivity contribution in [2.45, 2.75) is 26.3 Å². The smallest absolute Gasteiger partial charge is 0.153 e. The Balaban J connectivity index is 2.72. The van der Waals surface area contributed by atoms with E-state index in [1.807, 2.05) is 6.92 Å². The molecule has 108 valence electrons. The molecule has 0 saturated heterocycles. The normalized spacial score (nSPS) is 13.3. The van der Waals surface area contributed by atoms with Crippen molar-refractivity contribution in [1.29, 1.82) is 0 Å². The zero-order chi connectivity index (χ0) is 14.5. The fourth-order valence-electron chi connectivity index (χ4n) is 1.62. The molecule has 0 aromatic heterocycles. The quantitative estimate of drug-likeness (QED) is 0.837. The number of nitrogens with two attached hydrogens (primary N) is 1. The Bertz CT molecular complexity index is 515. The Kier molecular flexibility index (Phi) is 6.10. The molecule has 0 bridgehead atoms. The van der Waals surface area contributed by atoms with Crippen LogP contribution in [-0.4, -0.2) is 32.6 Å². The standard InChI is InChI=1S/C13H20ClNO3S/c1-3-19(16,17)7-6-18-13-5-4-12(14)9-11(13)8-10(2)15/h4-5,9-10H,3,6-8,15H2,1-2H3. The third-order valence-electron chi connectivity index (χ3n) is 2.66. The van der Waals surface area contributed by atoms with Crippen molar-refractivity contribution in [3.8, 4) is 5.75 Å². The minimum atomic E-state index is -3.01. The second kappa shape index (κ2) is 7.12. The molecular formula is C13H20ClNO3S. The molecular weight excluding hydrogens is 286 g/mol. The zero-order valence-electron chi connectivity index (χ0n) is 11.2. The van der Waals surface area contributed by atoms with E-state index in [1.165, 1.54) is 0 Å². The van der Waals surface area contributed by atoms with E-state index in [2.05, 4.69) is 0 Å². The molecule has 0 aliphatic rings. The van der Waals surface area contributed by atoms with Gasteiger partial charge in [-0.05, 0) is 37.1 Å². The number of halogens is 1. The number of rotatable bonds is 7. The van der Waals surface area contributed by atoms with Gasteiger partial charge in [0.15, 0.2) is 9.84 Å². The molecule has 0 aliphatic carbocycles. The van der Waals surface area contributed by atoms with Gasteiger partial charge in [-0.3, -0.25) is 0 Å². The highest BCUT2D eigenvalue weighted by molar-refractivity contribution is 7.91. The zero-order valence-corrected chi connectivity index (χ0v) is 12.8. The third-order valence-corrected chi connectivity index (χ3v) is 4.56. The molecule has 1 unspecified atom stereocenters. The van der Waals surface area contributed by atoms with Crippen molar-refractivity contribution in [3.05, 3.63) is 28.8 Å². The first-order valence-corrected chi connectivity index (χ1v) is 8.41. The van der Waals surface area contributed by atoms with E-state index in [0.717, 1.165) is 5.56 Å². The maximum absolute atomic E-state index is 11.4. The van der Waals surface area contributed by atoms with Gasteiger partial charge < -0.3 is 10.5 Å². The Labute approximate surface area is 119 Å². The molecule has 1 aromatic carbocycles. The van der Waals surface area contributed by atoms with Gasteiger partial charge in [-0.25, -0.2) is 8.42 Å². The maximum atomic E-state index is 11.4. The van der Waals surface area contributed by atoms with Gasteiger partial charge >= 0.3 is 0 Å². The van der Waals surface area contributed by atoms with Crippen molar-refractivity contribution >= 4 is 21.4 Å². The Morgan fingerprint density at radius 2 is 2.11 bits per heavy atom. The van der Waals surface area contributed by atoms with E-state index < -0.39 is 9.84 Å². The molecule has 0 fully saturated rings. The summed E-state index contributed by atoms with van der Waals surface area (Å²) < 4.78 is 28.3. The van der Waals surface area contributed by atoms with Crippen LogP contribution < -0.4 is 10.5 Å². The van der Waals surface area contributed by atoms with Gasteiger partial charge in [-0.1, -0.05) is 18.5 Å². The highest BCUT2D eigenvalue weighted by Gasteiger charge is 2.10. The summed E-state index contributed by atoms with van der Waals surface area (Å²) in [5, 5.41) is 0.615. The molecule has 0 amide bonds. The van der Waals surface area contributed by atoms with Gasteiger partial charge in [-0.15, -0.1) is 0 Å². The second-order valence-corrected chi connectivity index (χ2v) is 7.43. The first-order valence-electron chi connectivity index (χ1n) is 6.21. The summed E-state index contributed by atoms with van der Waals surface area (Å²) in [6.07, 6.45) is 0.635. The van der Waals surface area contributed by atoms with Crippen LogP contribution in [0.4, 0.5) is 0 Å². The molecule has 0 radical (unpaired) electrons. The molecule has 4 nitrogen and oxygen atoms in total. The van der Waals surface area contributed by atoms with Crippen LogP contribution in [0.15, 0.2) is 18.2 Å². The third kappa shape index (κ3) is 5.80. The minimum absolute atomic E-state index is 0.0137. The maximum Gasteiger partial charge on any atom is 0.153 e. The fourth-order valence-corrected chi connectivity index (χ4v) is 2.44. The number of hydrogen-bond donors (Lipinski definition) is 1. The van der Waals surface area contributed by atoms with Crippen LogP contribution in [0.1, 0.15) is 19.4 Å². The van der Waals surface area contributed by atoms with Crippen molar-refractivity contribution in [2.75, 3.05) is 18.1 Å². The Morgan fingerprint density at radius 1 is 1.42 bits per heavy atom. The van der Waals surface area contributed by atoms with Crippen LogP contribution in [0.25, 0.3) is 0 Å². The molecule has 6 heteroatoms. The highest BCUT2D eigenvalue weighted by atomic mass is 35.5. The summed E-state index contributed by atoms with van der Waals surface area (Å²) in [7, 11) is -3.01. The second-order valence-electron chi connectivity index (χ2n) is 4.52. The van der Waals surface area contributed by atoms with E-state index in [-0.39, 0.29) is 24.2 Å². The molecule has 1 aromatic rings. The molecule has 0 aliphatic heterocycles. The van der Waals surface area contributed by atoms with Gasteiger partial charge in [0.25, 0.3) is 0 Å². The van der Waals surface area contributed by atoms with Crippen LogP contribution in [0.5, 0.6) is 5.75 Å². The summed E-state index contributed by atoms with van der Waals surface area (Å²) in [5.74, 6) is 0.793. The van der Waals surface area contributed by atoms with Crippen LogP contribution in [0, 0.1) is 0 Å². The Hall–Kier alpha value is -0.780. The molecule has 19 heavy (non-hydrogen) atoms. The predicted molar refractivity (Wildman–Crippen MR) is 78.6 cm³/mol. The average Bonchev–Trinajstić information content (AvgIpc) is 2.31. The van der Waals surface area contributed by atoms with Gasteiger partial charge in [0.05, 0.1) is 5.75 Å². The summed E-state index contributed by atoms with van der Waals surface area (Å²) in [6, 6.07) is 5.25. The number of ether oxygens (including phenoxy) is 1. The Morgan fingerprint density at radius 3 is 2.68 bits per heavy atom. The number of sulfone groups is 1. The summed E-state index contributed by atoms with van der Waals surface area (Å²) in [5.41, 5.74) is 6.67. The van der Waals surface area contributed by atoms with Crippen LogP contribution in [0.3, 0.4) is 0 Å². The predicted octanol–water partition coefficient (Wildman–Crippen LogP) is 2.04. The first-order chi connectivity index (χ1) is 8.84. The summed E-state index contributed by atoms with van der Waals surface area (Å²) >= 11 is 5.94. The largest absolute Gasteiger partial charge is 0.492 e. The summed E-state index contributed by atoms with van der Waals surface area (Å²) in [4.78, 5) is 0. The average molecular weight is 306 g/mol. The topological polar surface area (TPSA) is 69.4 Å². The van der Waals surface area contributed by atoms with E-state index in [9.17, 15) is 8.42 Å². The minimum Gasteiger partial charge on any atom is -0.492 e. The van der Waals surface area contributed by atoms with Gasteiger partial charge in [0.1, 0.15) is 12.4 Å².